The molecule has 3 aromatic heterocycles. The molecule has 7 nitrogen and oxygen atoms in total. The van der Waals surface area contributed by atoms with Crippen molar-refractivity contribution in [2.24, 2.45) is 5.73 Å². The average molecular weight is 485 g/mol. The molecule has 33 heavy (non-hydrogen) atoms. The van der Waals surface area contributed by atoms with Gasteiger partial charge in [0, 0.05) is 35.9 Å². The highest BCUT2D eigenvalue weighted by molar-refractivity contribution is 7.17. The van der Waals surface area contributed by atoms with Crippen molar-refractivity contribution < 1.29 is 14.6 Å². The zero-order valence-corrected chi connectivity index (χ0v) is 19.9. The number of benzene rings is 1. The summed E-state index contributed by atoms with van der Waals surface area (Å²) in [6.45, 7) is 3.27. The van der Waals surface area contributed by atoms with Gasteiger partial charge in [-0.25, -0.2) is 4.98 Å². The molecule has 9 heteroatoms. The molecule has 0 spiro atoms. The smallest absolute Gasteiger partial charge is 0.262 e. The number of hydrogen-bond donors (Lipinski definition) is 2. The number of aromatic nitrogens is 2. The number of nitrogens with zero attached hydrogens (tertiary/aromatic N) is 3. The van der Waals surface area contributed by atoms with Gasteiger partial charge in [-0.05, 0) is 31.7 Å². The molecule has 0 aliphatic heterocycles. The number of ether oxygens (including phenoxy) is 1. The number of primary amides is 1. The monoisotopic (exact) mass is 484 g/mol. The Morgan fingerprint density at radius 1 is 1.33 bits per heavy atom. The van der Waals surface area contributed by atoms with Crippen LogP contribution in [0.1, 0.15) is 33.8 Å². The zero-order chi connectivity index (χ0) is 23.5. The molecule has 4 rings (SSSR count). The van der Waals surface area contributed by atoms with Crippen LogP contribution in [0.15, 0.2) is 54.9 Å². The Hall–Kier alpha value is -2.91. The number of fused-ring (bicyclic) bond motifs is 1. The van der Waals surface area contributed by atoms with Crippen molar-refractivity contribution >= 4 is 34.5 Å². The lowest BCUT2D eigenvalue weighted by Crippen LogP contribution is -2.21. The molecule has 0 saturated heterocycles. The number of halogens is 1. The zero-order valence-electron chi connectivity index (χ0n) is 18.4. The summed E-state index contributed by atoms with van der Waals surface area (Å²) in [4.78, 5) is 19.9. The molecule has 1 aromatic carbocycles. The van der Waals surface area contributed by atoms with Crippen LogP contribution >= 0.6 is 22.9 Å². The number of aliphatic hydroxyl groups excluding tert-OH is 1. The van der Waals surface area contributed by atoms with Crippen molar-refractivity contribution in [2.75, 3.05) is 20.2 Å². The van der Waals surface area contributed by atoms with Gasteiger partial charge in [-0.2, -0.15) is 0 Å². The van der Waals surface area contributed by atoms with Gasteiger partial charge in [0.15, 0.2) is 0 Å². The quantitative estimate of drug-likeness (QED) is 0.368. The summed E-state index contributed by atoms with van der Waals surface area (Å²) < 4.78 is 8.12. The third-order valence-electron chi connectivity index (χ3n) is 5.32. The highest BCUT2D eigenvalue weighted by Crippen LogP contribution is 2.39. The molecule has 4 aromatic rings. The van der Waals surface area contributed by atoms with E-state index in [1.165, 1.54) is 11.3 Å². The third-order valence-corrected chi connectivity index (χ3v) is 6.82. The molecule has 172 valence electrons. The van der Waals surface area contributed by atoms with Crippen LogP contribution in [0.5, 0.6) is 5.75 Å². The first-order chi connectivity index (χ1) is 15.9. The number of aliphatic hydroxyl groups is 1. The van der Waals surface area contributed by atoms with Crippen LogP contribution in [-0.4, -0.2) is 45.5 Å². The van der Waals surface area contributed by atoms with Crippen LogP contribution in [0.3, 0.4) is 0 Å². The highest BCUT2D eigenvalue weighted by atomic mass is 35.5. The minimum Gasteiger partial charge on any atom is -0.484 e. The molecule has 0 radical (unpaired) electrons. The van der Waals surface area contributed by atoms with Crippen molar-refractivity contribution in [1.82, 2.24) is 14.3 Å². The van der Waals surface area contributed by atoms with Gasteiger partial charge in [0.2, 0.25) is 0 Å². The lowest BCUT2D eigenvalue weighted by Gasteiger charge is -2.16. The van der Waals surface area contributed by atoms with Crippen LogP contribution in [0.25, 0.3) is 16.2 Å². The average Bonchev–Trinajstić information content (AvgIpc) is 3.38. The SMILES string of the molecule is C[C@@H](Oc1cc(-c2cnc3ccc(CN(C)CCO)cn23)sc1C(N)=O)c1ccccc1Cl. The van der Waals surface area contributed by atoms with E-state index in [2.05, 4.69) is 4.98 Å². The number of carbonyl (C=O) groups excluding carboxylic acids is 1. The minimum atomic E-state index is -0.548. The van der Waals surface area contributed by atoms with Crippen molar-refractivity contribution in [1.29, 1.82) is 0 Å². The molecule has 0 saturated carbocycles. The Kier molecular flexibility index (Phi) is 6.99. The molecule has 3 heterocycles. The molecule has 3 N–H and O–H groups in total. The summed E-state index contributed by atoms with van der Waals surface area (Å²) in [5, 5.41) is 9.76. The van der Waals surface area contributed by atoms with E-state index in [-0.39, 0.29) is 12.7 Å². The molecular formula is C24H25ClN4O3S. The maximum absolute atomic E-state index is 12.2. The first kappa shape index (κ1) is 23.3. The van der Waals surface area contributed by atoms with Gasteiger partial charge in [0.05, 0.1) is 23.4 Å². The van der Waals surface area contributed by atoms with Crippen LogP contribution in [-0.2, 0) is 6.54 Å². The Balaban J connectivity index is 1.68. The maximum atomic E-state index is 12.2. The molecule has 1 amide bonds. The number of imidazole rings is 1. The second kappa shape index (κ2) is 9.93. The molecule has 0 aliphatic rings. The molecule has 1 atom stereocenters. The lowest BCUT2D eigenvalue weighted by atomic mass is 10.1. The van der Waals surface area contributed by atoms with Crippen LogP contribution in [0.4, 0.5) is 0 Å². The van der Waals surface area contributed by atoms with Gasteiger partial charge in [0.25, 0.3) is 5.91 Å². The first-order valence-corrected chi connectivity index (χ1v) is 11.7. The molecule has 0 unspecified atom stereocenters. The predicted octanol–water partition coefficient (Wildman–Crippen LogP) is 4.38. The number of amides is 1. The number of pyridine rings is 1. The number of hydrogen-bond acceptors (Lipinski definition) is 6. The maximum Gasteiger partial charge on any atom is 0.262 e. The van der Waals surface area contributed by atoms with E-state index in [1.807, 2.05) is 65.9 Å². The van der Waals surface area contributed by atoms with Gasteiger partial charge in [-0.15, -0.1) is 11.3 Å². The number of likely N-dealkylation sites (N-methyl/N-ethyl adjacent to an activating group) is 1. The van der Waals surface area contributed by atoms with Crippen LogP contribution in [0, 0.1) is 0 Å². The van der Waals surface area contributed by atoms with E-state index in [9.17, 15) is 4.79 Å². The summed E-state index contributed by atoms with van der Waals surface area (Å²) in [5.41, 5.74) is 9.20. The topological polar surface area (TPSA) is 93.1 Å². The fraction of sp³-hybridized carbons (Fsp3) is 0.250. The van der Waals surface area contributed by atoms with E-state index in [1.54, 1.807) is 12.3 Å². The fourth-order valence-electron chi connectivity index (χ4n) is 3.68. The van der Waals surface area contributed by atoms with Gasteiger partial charge in [-0.3, -0.25) is 14.1 Å². The Morgan fingerprint density at radius 3 is 2.85 bits per heavy atom. The van der Waals surface area contributed by atoms with Crippen molar-refractivity contribution in [3.63, 3.8) is 0 Å². The largest absolute Gasteiger partial charge is 0.484 e. The second-order valence-corrected chi connectivity index (χ2v) is 9.28. The van der Waals surface area contributed by atoms with Gasteiger partial charge >= 0.3 is 0 Å². The summed E-state index contributed by atoms with van der Waals surface area (Å²) in [6, 6.07) is 13.2. The van der Waals surface area contributed by atoms with Gasteiger partial charge in [0.1, 0.15) is 22.4 Å². The summed E-state index contributed by atoms with van der Waals surface area (Å²) in [6.07, 6.45) is 3.42. The normalized spacial score (nSPS) is 12.4. The van der Waals surface area contributed by atoms with Crippen LogP contribution < -0.4 is 10.5 Å². The number of rotatable bonds is 9. The third kappa shape index (κ3) is 5.04. The van der Waals surface area contributed by atoms with Crippen molar-refractivity contribution in [2.45, 2.75) is 19.6 Å². The standard InChI is InChI=1S/C24H25ClN4O3S/c1-15(17-5-3-4-6-18(17)25)32-20-11-21(33-23(20)24(26)31)19-12-27-22-8-7-16(14-29(19)22)13-28(2)9-10-30/h3-8,11-12,14-15,30H,9-10,13H2,1-2H3,(H2,26,31)/t15-/m1/s1. The van der Waals surface area contributed by atoms with E-state index in [0.717, 1.165) is 27.3 Å². The highest BCUT2D eigenvalue weighted by Gasteiger charge is 2.21. The number of carbonyl (C=O) groups is 1. The Bertz CT molecular complexity index is 1290. The number of thiophene rings is 1. The van der Waals surface area contributed by atoms with E-state index in [4.69, 9.17) is 27.2 Å². The summed E-state index contributed by atoms with van der Waals surface area (Å²) >= 11 is 7.58. The van der Waals surface area contributed by atoms with Gasteiger partial charge < -0.3 is 15.6 Å². The van der Waals surface area contributed by atoms with Crippen molar-refractivity contribution in [3.8, 4) is 16.3 Å². The van der Waals surface area contributed by atoms with Crippen LogP contribution in [0.2, 0.25) is 5.02 Å². The minimum absolute atomic E-state index is 0.107. The van der Waals surface area contributed by atoms with E-state index in [0.29, 0.717) is 28.7 Å². The predicted molar refractivity (Wildman–Crippen MR) is 131 cm³/mol. The number of nitrogens with two attached hydrogens (primary N) is 1. The molecular weight excluding hydrogens is 460 g/mol. The Labute approximate surface area is 201 Å². The molecule has 0 aliphatic carbocycles. The lowest BCUT2D eigenvalue weighted by molar-refractivity contribution is 0.0998. The summed E-state index contributed by atoms with van der Waals surface area (Å²) in [7, 11) is 1.96. The molecule has 0 fully saturated rings. The molecule has 0 bridgehead atoms. The van der Waals surface area contributed by atoms with Gasteiger partial charge in [-0.1, -0.05) is 35.9 Å². The summed E-state index contributed by atoms with van der Waals surface area (Å²) in [5.74, 6) is -0.128. The Morgan fingerprint density at radius 2 is 2.12 bits per heavy atom. The van der Waals surface area contributed by atoms with E-state index >= 15 is 0 Å². The first-order valence-electron chi connectivity index (χ1n) is 10.5. The van der Waals surface area contributed by atoms with Crippen molar-refractivity contribution in [3.05, 3.63) is 75.9 Å². The second-order valence-electron chi connectivity index (χ2n) is 7.82. The fourth-order valence-corrected chi connectivity index (χ4v) is 4.92. The van der Waals surface area contributed by atoms with E-state index < -0.39 is 5.91 Å².